The number of amides is 1. The van der Waals surface area contributed by atoms with Crippen molar-refractivity contribution in [3.8, 4) is 17.6 Å². The summed E-state index contributed by atoms with van der Waals surface area (Å²) >= 11 is -1.87. The van der Waals surface area contributed by atoms with Gasteiger partial charge in [0, 0.05) is 5.92 Å². The van der Waals surface area contributed by atoms with Crippen molar-refractivity contribution in [2.24, 2.45) is 17.8 Å². The van der Waals surface area contributed by atoms with Crippen LogP contribution in [-0.4, -0.2) is 29.8 Å². The summed E-state index contributed by atoms with van der Waals surface area (Å²) in [4.78, 5) is 11.7. The van der Waals surface area contributed by atoms with Crippen molar-refractivity contribution < 1.29 is 18.1 Å². The smallest absolute Gasteiger partial charge is 0.253 e. The fourth-order valence-corrected chi connectivity index (χ4v) is 5.00. The number of hydrogen-bond acceptors (Lipinski definition) is 4. The number of rotatable bonds is 4. The van der Waals surface area contributed by atoms with Gasteiger partial charge in [0.1, 0.15) is 24.6 Å². The SMILES string of the molecule is O=C1CN(c2c(OCc3ccccc3)ccc(C#CC3C4CNCC34)c2F)S(=O)N1. The molecule has 1 saturated carbocycles. The molecule has 3 atom stereocenters. The van der Waals surface area contributed by atoms with Gasteiger partial charge in [0.25, 0.3) is 5.91 Å². The van der Waals surface area contributed by atoms with Gasteiger partial charge in [-0.05, 0) is 42.6 Å². The minimum absolute atomic E-state index is 0.00734. The van der Waals surface area contributed by atoms with E-state index < -0.39 is 22.9 Å². The summed E-state index contributed by atoms with van der Waals surface area (Å²) in [6, 6.07) is 12.7. The van der Waals surface area contributed by atoms with Crippen LogP contribution >= 0.6 is 0 Å². The van der Waals surface area contributed by atoms with E-state index in [4.69, 9.17) is 4.74 Å². The van der Waals surface area contributed by atoms with Gasteiger partial charge < -0.3 is 10.1 Å². The lowest BCUT2D eigenvalue weighted by molar-refractivity contribution is -0.117. The normalized spacial score (nSPS) is 26.6. The second-order valence-corrected chi connectivity index (χ2v) is 8.78. The van der Waals surface area contributed by atoms with Crippen molar-refractivity contribution >= 4 is 22.8 Å². The van der Waals surface area contributed by atoms with E-state index in [1.807, 2.05) is 30.3 Å². The third-order valence-corrected chi connectivity index (χ3v) is 6.83. The molecule has 8 heteroatoms. The maximum absolute atomic E-state index is 15.5. The van der Waals surface area contributed by atoms with Gasteiger partial charge in [0.2, 0.25) is 11.2 Å². The fraction of sp³-hybridized carbons (Fsp3) is 0.318. The van der Waals surface area contributed by atoms with Crippen LogP contribution in [0.5, 0.6) is 5.75 Å². The lowest BCUT2D eigenvalue weighted by Gasteiger charge is -2.19. The zero-order chi connectivity index (χ0) is 20.7. The Kier molecular flexibility index (Phi) is 4.93. The van der Waals surface area contributed by atoms with Crippen LogP contribution in [0.4, 0.5) is 10.1 Å². The van der Waals surface area contributed by atoms with E-state index in [1.165, 1.54) is 4.31 Å². The van der Waals surface area contributed by atoms with E-state index in [2.05, 4.69) is 21.9 Å². The molecule has 1 aliphatic carbocycles. The molecule has 1 amide bonds. The van der Waals surface area contributed by atoms with Gasteiger partial charge in [-0.3, -0.25) is 13.8 Å². The Hall–Kier alpha value is -2.89. The molecule has 6 nitrogen and oxygen atoms in total. The molecule has 2 saturated heterocycles. The van der Waals surface area contributed by atoms with Crippen LogP contribution in [0.1, 0.15) is 11.1 Å². The van der Waals surface area contributed by atoms with Crippen molar-refractivity contribution in [3.05, 3.63) is 59.4 Å². The molecule has 2 aromatic rings. The maximum atomic E-state index is 15.5. The number of carbonyl (C=O) groups is 1. The van der Waals surface area contributed by atoms with Crippen molar-refractivity contribution in [2.45, 2.75) is 6.61 Å². The number of nitrogens with zero attached hydrogens (tertiary/aromatic N) is 1. The Morgan fingerprint density at radius 2 is 1.93 bits per heavy atom. The Morgan fingerprint density at radius 3 is 2.63 bits per heavy atom. The van der Waals surface area contributed by atoms with Crippen molar-refractivity contribution in [3.63, 3.8) is 0 Å². The van der Waals surface area contributed by atoms with E-state index in [-0.39, 0.29) is 30.2 Å². The van der Waals surface area contributed by atoms with Gasteiger partial charge in [-0.2, -0.15) is 0 Å². The van der Waals surface area contributed by atoms with E-state index in [0.29, 0.717) is 17.8 Å². The van der Waals surface area contributed by atoms with Gasteiger partial charge in [-0.15, -0.1) is 0 Å². The molecule has 3 unspecified atom stereocenters. The lowest BCUT2D eigenvalue weighted by Crippen LogP contribution is -2.24. The summed E-state index contributed by atoms with van der Waals surface area (Å²) < 4.78 is 37.1. The molecule has 2 aliphatic heterocycles. The van der Waals surface area contributed by atoms with Gasteiger partial charge >= 0.3 is 0 Å². The molecule has 0 radical (unpaired) electrons. The quantitative estimate of drug-likeness (QED) is 0.733. The molecule has 154 valence electrons. The molecule has 0 aromatic heterocycles. The average Bonchev–Trinajstić information content (AvgIpc) is 3.03. The van der Waals surface area contributed by atoms with Crippen LogP contribution in [-0.2, 0) is 22.6 Å². The average molecular weight is 425 g/mol. The van der Waals surface area contributed by atoms with Gasteiger partial charge in [-0.1, -0.05) is 42.2 Å². The van der Waals surface area contributed by atoms with Crippen molar-refractivity contribution in [1.82, 2.24) is 10.0 Å². The number of piperidine rings is 1. The zero-order valence-corrected chi connectivity index (χ0v) is 16.9. The van der Waals surface area contributed by atoms with Crippen LogP contribution in [0, 0.1) is 35.4 Å². The first kappa shape index (κ1) is 19.1. The molecular formula is C22H20FN3O3S. The third kappa shape index (κ3) is 3.55. The van der Waals surface area contributed by atoms with Gasteiger partial charge in [0.15, 0.2) is 5.82 Å². The number of halogens is 1. The highest BCUT2D eigenvalue weighted by molar-refractivity contribution is 7.85. The number of fused-ring (bicyclic) bond motifs is 1. The first-order chi connectivity index (χ1) is 14.6. The number of carbonyl (C=O) groups excluding carboxylic acids is 1. The molecule has 2 heterocycles. The molecule has 0 spiro atoms. The predicted octanol–water partition coefficient (Wildman–Crippen LogP) is 1.74. The van der Waals surface area contributed by atoms with E-state index in [0.717, 1.165) is 18.7 Å². The molecule has 0 bridgehead atoms. The molecule has 2 N–H and O–H groups in total. The summed E-state index contributed by atoms with van der Waals surface area (Å²) in [6.45, 7) is 1.94. The second kappa shape index (κ2) is 7.74. The molecule has 2 aromatic carbocycles. The van der Waals surface area contributed by atoms with Crippen LogP contribution in [0.15, 0.2) is 42.5 Å². The summed E-state index contributed by atoms with van der Waals surface area (Å²) in [6.07, 6.45) is 0. The highest BCUT2D eigenvalue weighted by Crippen LogP contribution is 2.48. The number of hydrogen-bond donors (Lipinski definition) is 2. The molecule has 3 fully saturated rings. The number of ether oxygens (including phenoxy) is 1. The standard InChI is InChI=1S/C22H20FN3O3S/c23-21-15(6-8-16-17-10-24-11-18(16)17)7-9-19(29-13-14-4-2-1-3-5-14)22(21)26-12-20(27)25-30(26)28/h1-5,7,9,16-18,24H,10-13H2,(H,25,27). The Morgan fingerprint density at radius 1 is 1.17 bits per heavy atom. The third-order valence-electron chi connectivity index (χ3n) is 5.72. The van der Waals surface area contributed by atoms with Crippen LogP contribution in [0.2, 0.25) is 0 Å². The number of benzene rings is 2. The Balaban J connectivity index is 1.45. The molecule has 30 heavy (non-hydrogen) atoms. The summed E-state index contributed by atoms with van der Waals surface area (Å²) in [7, 11) is 0. The second-order valence-electron chi connectivity index (χ2n) is 7.64. The molecule has 3 aliphatic rings. The van der Waals surface area contributed by atoms with Crippen LogP contribution in [0.25, 0.3) is 0 Å². The van der Waals surface area contributed by atoms with E-state index in [9.17, 15) is 9.00 Å². The van der Waals surface area contributed by atoms with E-state index in [1.54, 1.807) is 12.1 Å². The first-order valence-electron chi connectivity index (χ1n) is 9.82. The first-order valence-corrected chi connectivity index (χ1v) is 10.9. The number of anilines is 1. The van der Waals surface area contributed by atoms with Crippen molar-refractivity contribution in [2.75, 3.05) is 23.9 Å². The highest BCUT2D eigenvalue weighted by Gasteiger charge is 2.51. The molecular weight excluding hydrogens is 405 g/mol. The summed E-state index contributed by atoms with van der Waals surface area (Å²) in [5.41, 5.74) is 1.12. The van der Waals surface area contributed by atoms with Gasteiger partial charge in [-0.25, -0.2) is 8.60 Å². The Bertz CT molecular complexity index is 1070. The Labute approximate surface area is 176 Å². The minimum Gasteiger partial charge on any atom is -0.487 e. The topological polar surface area (TPSA) is 70.7 Å². The van der Waals surface area contributed by atoms with Crippen LogP contribution in [0.3, 0.4) is 0 Å². The minimum atomic E-state index is -1.87. The highest BCUT2D eigenvalue weighted by atomic mass is 32.2. The zero-order valence-electron chi connectivity index (χ0n) is 16.1. The largest absolute Gasteiger partial charge is 0.487 e. The van der Waals surface area contributed by atoms with E-state index >= 15 is 4.39 Å². The number of nitrogens with one attached hydrogen (secondary N) is 2. The monoisotopic (exact) mass is 425 g/mol. The maximum Gasteiger partial charge on any atom is 0.253 e. The summed E-state index contributed by atoms with van der Waals surface area (Å²) in [5, 5.41) is 3.31. The lowest BCUT2D eigenvalue weighted by atomic mass is 10.1. The summed E-state index contributed by atoms with van der Waals surface area (Å²) in [5.74, 6) is 6.71. The van der Waals surface area contributed by atoms with Crippen molar-refractivity contribution in [1.29, 1.82) is 0 Å². The van der Waals surface area contributed by atoms with Crippen LogP contribution < -0.4 is 19.1 Å². The molecule has 5 rings (SSSR count). The predicted molar refractivity (Wildman–Crippen MR) is 111 cm³/mol. The fourth-order valence-electron chi connectivity index (χ4n) is 4.06. The van der Waals surface area contributed by atoms with Gasteiger partial charge in [0.05, 0.1) is 5.56 Å².